The van der Waals surface area contributed by atoms with E-state index in [1.54, 1.807) is 7.11 Å². The molecule has 1 N–H and O–H groups in total. The van der Waals surface area contributed by atoms with Crippen LogP contribution in [0.2, 0.25) is 0 Å². The number of benzene rings is 2. The van der Waals surface area contributed by atoms with Crippen LogP contribution in [0.1, 0.15) is 115 Å². The first kappa shape index (κ1) is 32.2. The van der Waals surface area contributed by atoms with Gasteiger partial charge in [0.05, 0.1) is 32.5 Å². The Morgan fingerprint density at radius 2 is 1.76 bits per heavy atom. The van der Waals surface area contributed by atoms with Crippen LogP contribution in [0.5, 0.6) is 5.75 Å². The number of carbonyl (C=O) groups excluding carboxylic acids is 1. The molecule has 42 heavy (non-hydrogen) atoms. The number of thiophene rings is 1. The largest absolute Gasteiger partial charge is 0.497 e. The topological polar surface area (TPSA) is 65.0 Å². The lowest BCUT2D eigenvalue weighted by Gasteiger charge is -2.33. The molecule has 2 aromatic carbocycles. The Kier molecular flexibility index (Phi) is 12.1. The van der Waals surface area contributed by atoms with Crippen LogP contribution in [0.4, 0.5) is 0 Å². The van der Waals surface area contributed by atoms with Gasteiger partial charge in [0.1, 0.15) is 10.6 Å². The lowest BCUT2D eigenvalue weighted by molar-refractivity contribution is 0.0189. The van der Waals surface area contributed by atoms with Crippen LogP contribution in [0.25, 0.3) is 0 Å². The van der Waals surface area contributed by atoms with Gasteiger partial charge in [-0.05, 0) is 91.8 Å². The highest BCUT2D eigenvalue weighted by atomic mass is 32.1. The van der Waals surface area contributed by atoms with E-state index in [9.17, 15) is 9.90 Å². The monoisotopic (exact) mass is 592 g/mol. The zero-order chi connectivity index (χ0) is 30.0. The Labute approximate surface area is 256 Å². The summed E-state index contributed by atoms with van der Waals surface area (Å²) in [6, 6.07) is 20.9. The third kappa shape index (κ3) is 8.24. The maximum atomic E-state index is 11.8. The molecule has 3 aromatic rings. The fourth-order valence-electron chi connectivity index (χ4n) is 6.51. The van der Waals surface area contributed by atoms with Crippen molar-refractivity contribution >= 4 is 17.3 Å². The smallest absolute Gasteiger partial charge is 0.348 e. The Morgan fingerprint density at radius 3 is 2.43 bits per heavy atom. The molecule has 4 atom stereocenters. The summed E-state index contributed by atoms with van der Waals surface area (Å²) in [5.41, 5.74) is 2.91. The molecule has 228 valence electrons. The second-order valence-corrected chi connectivity index (χ2v) is 12.9. The number of aliphatic hydroxyl groups is 1. The number of esters is 1. The highest BCUT2D eigenvalue weighted by molar-refractivity contribution is 7.13. The molecule has 0 aliphatic heterocycles. The van der Waals surface area contributed by atoms with Crippen molar-refractivity contribution in [2.24, 2.45) is 5.92 Å². The second kappa shape index (κ2) is 15.7. The van der Waals surface area contributed by atoms with E-state index >= 15 is 0 Å². The molecule has 4 rings (SSSR count). The van der Waals surface area contributed by atoms with E-state index in [-0.39, 0.29) is 18.0 Å². The predicted molar refractivity (Wildman–Crippen MR) is 170 cm³/mol. The van der Waals surface area contributed by atoms with E-state index in [1.165, 1.54) is 47.3 Å². The van der Waals surface area contributed by atoms with Gasteiger partial charge in [0.2, 0.25) is 0 Å². The van der Waals surface area contributed by atoms with Gasteiger partial charge in [-0.15, -0.1) is 11.3 Å². The first-order valence-corrected chi connectivity index (χ1v) is 16.5. The van der Waals surface area contributed by atoms with Crippen molar-refractivity contribution in [2.75, 3.05) is 14.2 Å². The molecule has 1 heterocycles. The van der Waals surface area contributed by atoms with Crippen LogP contribution < -0.4 is 4.74 Å². The molecule has 5 nitrogen and oxygen atoms in total. The Bertz CT molecular complexity index is 1230. The highest BCUT2D eigenvalue weighted by Crippen LogP contribution is 2.50. The van der Waals surface area contributed by atoms with Crippen LogP contribution in [0.3, 0.4) is 0 Å². The molecule has 2 unspecified atom stereocenters. The van der Waals surface area contributed by atoms with Crippen molar-refractivity contribution in [1.82, 2.24) is 0 Å². The zero-order valence-electron chi connectivity index (χ0n) is 25.8. The van der Waals surface area contributed by atoms with E-state index in [0.717, 1.165) is 62.7 Å². The lowest BCUT2D eigenvalue weighted by Crippen LogP contribution is -2.33. The molecule has 0 amide bonds. The van der Waals surface area contributed by atoms with Crippen molar-refractivity contribution < 1.29 is 24.1 Å². The van der Waals surface area contributed by atoms with Crippen LogP contribution in [0, 0.1) is 5.92 Å². The summed E-state index contributed by atoms with van der Waals surface area (Å²) in [6.07, 6.45) is 10.2. The number of hydrogen-bond acceptors (Lipinski definition) is 6. The average molecular weight is 593 g/mol. The summed E-state index contributed by atoms with van der Waals surface area (Å²) < 4.78 is 16.6. The van der Waals surface area contributed by atoms with Crippen LogP contribution in [-0.4, -0.2) is 30.9 Å². The zero-order valence-corrected chi connectivity index (χ0v) is 26.6. The number of carbonyl (C=O) groups is 1. The molecule has 1 aliphatic rings. The summed E-state index contributed by atoms with van der Waals surface area (Å²) >= 11 is 1.52. The molecule has 0 radical (unpaired) electrons. The molecular weight excluding hydrogens is 544 g/mol. The summed E-state index contributed by atoms with van der Waals surface area (Å²) in [4.78, 5) is 13.7. The molecule has 1 fully saturated rings. The fourth-order valence-corrected chi connectivity index (χ4v) is 7.48. The third-order valence-electron chi connectivity index (χ3n) is 9.00. The van der Waals surface area contributed by atoms with Gasteiger partial charge in [-0.3, -0.25) is 0 Å². The van der Waals surface area contributed by atoms with Crippen LogP contribution >= 0.6 is 11.3 Å². The van der Waals surface area contributed by atoms with E-state index in [4.69, 9.17) is 14.2 Å². The number of ether oxygens (including phenoxy) is 3. The SMILES string of the molecule is CCCCCC(OCc1ccc(OC)cc1)c1ccc([C@@H]2[C@@H](CCCc3ccc(C(=O)OC)s3)CCC2(O)CC)cc1. The number of methoxy groups -OCH3 is 2. The number of unbranched alkanes of at least 4 members (excludes halogenated alkanes) is 2. The molecule has 1 saturated carbocycles. The second-order valence-electron chi connectivity index (χ2n) is 11.7. The van der Waals surface area contributed by atoms with E-state index in [1.807, 2.05) is 24.3 Å². The molecule has 0 spiro atoms. The maximum absolute atomic E-state index is 11.8. The van der Waals surface area contributed by atoms with E-state index < -0.39 is 5.60 Å². The van der Waals surface area contributed by atoms with Crippen molar-refractivity contribution in [2.45, 2.75) is 102 Å². The molecule has 1 aromatic heterocycles. The number of hydrogen-bond donors (Lipinski definition) is 1. The Balaban J connectivity index is 1.43. The molecule has 0 bridgehead atoms. The van der Waals surface area contributed by atoms with Gasteiger partial charge in [-0.2, -0.15) is 0 Å². The summed E-state index contributed by atoms with van der Waals surface area (Å²) in [6.45, 7) is 4.91. The van der Waals surface area contributed by atoms with E-state index in [2.05, 4.69) is 50.2 Å². The maximum Gasteiger partial charge on any atom is 0.348 e. The minimum Gasteiger partial charge on any atom is -0.497 e. The van der Waals surface area contributed by atoms with Gasteiger partial charge < -0.3 is 19.3 Å². The van der Waals surface area contributed by atoms with Crippen molar-refractivity contribution in [3.63, 3.8) is 0 Å². The Morgan fingerprint density at radius 1 is 1.00 bits per heavy atom. The fraction of sp³-hybridized carbons (Fsp3) is 0.528. The van der Waals surface area contributed by atoms with Gasteiger partial charge >= 0.3 is 5.97 Å². The van der Waals surface area contributed by atoms with Gasteiger partial charge in [-0.25, -0.2) is 4.79 Å². The van der Waals surface area contributed by atoms with Gasteiger partial charge in [-0.1, -0.05) is 69.5 Å². The number of aryl methyl sites for hydroxylation is 1. The highest BCUT2D eigenvalue weighted by Gasteiger charge is 2.46. The lowest BCUT2D eigenvalue weighted by atomic mass is 9.77. The van der Waals surface area contributed by atoms with Crippen molar-refractivity contribution in [3.8, 4) is 5.75 Å². The number of rotatable bonds is 16. The van der Waals surface area contributed by atoms with E-state index in [0.29, 0.717) is 17.4 Å². The Hall–Kier alpha value is -2.67. The van der Waals surface area contributed by atoms with Crippen molar-refractivity contribution in [3.05, 3.63) is 87.1 Å². The normalized spacial score (nSPS) is 20.9. The van der Waals surface area contributed by atoms with Gasteiger partial charge in [0.15, 0.2) is 0 Å². The summed E-state index contributed by atoms with van der Waals surface area (Å²) in [5, 5.41) is 11.7. The van der Waals surface area contributed by atoms with Crippen LogP contribution in [0.15, 0.2) is 60.7 Å². The van der Waals surface area contributed by atoms with Crippen LogP contribution in [-0.2, 0) is 22.5 Å². The minimum absolute atomic E-state index is 0.0396. The average Bonchev–Trinajstić information content (AvgIpc) is 3.63. The quantitative estimate of drug-likeness (QED) is 0.133. The van der Waals surface area contributed by atoms with Gasteiger partial charge in [0, 0.05) is 10.8 Å². The molecule has 6 heteroatoms. The molecular formula is C36H48O5S. The minimum atomic E-state index is -0.668. The van der Waals surface area contributed by atoms with Gasteiger partial charge in [0.25, 0.3) is 0 Å². The molecule has 0 saturated heterocycles. The third-order valence-corrected chi connectivity index (χ3v) is 10.1. The molecule has 1 aliphatic carbocycles. The standard InChI is InChI=1S/C36H48O5S/c1-5-7-8-12-32(41-25-26-13-19-30(39-3)20-14-26)27-15-17-29(18-16-27)34-28(23-24-36(34,38)6-2)10-9-11-31-21-22-33(42-31)35(37)40-4/h13-22,28,32,34,38H,5-12,23-25H2,1-4H3/t28-,32?,34-,36?/m0/s1. The summed E-state index contributed by atoms with van der Waals surface area (Å²) in [7, 11) is 3.11. The first-order chi connectivity index (χ1) is 20.4. The first-order valence-electron chi connectivity index (χ1n) is 15.6. The summed E-state index contributed by atoms with van der Waals surface area (Å²) in [5.74, 6) is 1.15. The van der Waals surface area contributed by atoms with Crippen molar-refractivity contribution in [1.29, 1.82) is 0 Å². The predicted octanol–water partition coefficient (Wildman–Crippen LogP) is 9.04.